The van der Waals surface area contributed by atoms with Crippen LogP contribution in [0.25, 0.3) is 0 Å². The van der Waals surface area contributed by atoms with E-state index in [2.05, 4.69) is 21.3 Å². The molecule has 0 amide bonds. The van der Waals surface area contributed by atoms with Crippen LogP contribution in [0.4, 0.5) is 0 Å². The van der Waals surface area contributed by atoms with Crippen LogP contribution in [0.2, 0.25) is 0 Å². The van der Waals surface area contributed by atoms with E-state index in [0.717, 1.165) is 0 Å². The number of hydrogen-bond acceptors (Lipinski definition) is 24. The van der Waals surface area contributed by atoms with Gasteiger partial charge in [-0.1, -0.05) is 13.8 Å². The summed E-state index contributed by atoms with van der Waals surface area (Å²) in [5.74, 6) is 1.14. The Labute approximate surface area is 387 Å². The van der Waals surface area contributed by atoms with E-state index in [4.69, 9.17) is 72.3 Å². The number of aliphatic hydroxyl groups is 6. The number of nitrogens with one attached hydrogen (secondary N) is 4. The summed E-state index contributed by atoms with van der Waals surface area (Å²) in [5.41, 5.74) is 33.9. The maximum Gasteiger partial charge on any atom is 0.215 e. The van der Waals surface area contributed by atoms with Gasteiger partial charge in [0.05, 0.1) is 50.5 Å². The first-order valence-electron chi connectivity index (χ1n) is 23.2. The lowest BCUT2D eigenvalue weighted by Gasteiger charge is -2.49. The van der Waals surface area contributed by atoms with Gasteiger partial charge in [0, 0.05) is 24.2 Å². The van der Waals surface area contributed by atoms with Crippen molar-refractivity contribution in [1.29, 1.82) is 0 Å². The van der Waals surface area contributed by atoms with Crippen LogP contribution in [0, 0.1) is 0 Å². The predicted molar refractivity (Wildman–Crippen MR) is 239 cm³/mol. The molecule has 4 heterocycles. The second-order valence-electron chi connectivity index (χ2n) is 18.6. The Hall–Kier alpha value is -1.80. The van der Waals surface area contributed by atoms with Crippen LogP contribution in [0.1, 0.15) is 53.4 Å². The number of ether oxygens (including phenoxy) is 8. The van der Waals surface area contributed by atoms with Crippen LogP contribution in [0.3, 0.4) is 0 Å². The normalized spacial score (nSPS) is 46.5. The Morgan fingerprint density at radius 1 is 0.576 bits per heavy atom. The molecule has 4 aliphatic heterocycles. The molecule has 22 atom stereocenters. The SMILES string of the molecule is CCN[C@@H]1C[C@H](N)[C@@H](OC2OC(CN)=CCC2N)[C@H](O)[C@H]1O[C@H]1OC[C@](C)(O)[C@H](NC)[C@H]1O.CCN[C@@H]1C[C@H](N)[C@@H](OC2OC(CN)=CCC2N)[C@H](O)[C@H]1O[C@H]1OC[C@](C)(O)[C@H](NC)[C@H]1O. The lowest BCUT2D eigenvalue weighted by atomic mass is 9.83. The lowest BCUT2D eigenvalue weighted by Crippen LogP contribution is -2.69. The summed E-state index contributed by atoms with van der Waals surface area (Å²) >= 11 is 0. The van der Waals surface area contributed by atoms with Crippen molar-refractivity contribution < 1.29 is 68.5 Å². The van der Waals surface area contributed by atoms with Gasteiger partial charge >= 0.3 is 0 Å². The van der Waals surface area contributed by atoms with Crippen molar-refractivity contribution in [3.8, 4) is 0 Å². The van der Waals surface area contributed by atoms with E-state index in [0.29, 0.717) is 50.3 Å². The fraction of sp³-hybridized carbons (Fsp3) is 0.905. The Bertz CT molecular complexity index is 1450. The number of hydrogen-bond donors (Lipinski definition) is 16. The topological polar surface area (TPSA) is 399 Å². The predicted octanol–water partition coefficient (Wildman–Crippen LogP) is -6.40. The van der Waals surface area contributed by atoms with Gasteiger partial charge in [-0.2, -0.15) is 0 Å². The van der Waals surface area contributed by atoms with Crippen molar-refractivity contribution in [1.82, 2.24) is 21.3 Å². The van der Waals surface area contributed by atoms with Gasteiger partial charge in [0.1, 0.15) is 71.6 Å². The van der Waals surface area contributed by atoms with Gasteiger partial charge in [-0.05, 0) is 78.9 Å². The molecule has 4 unspecified atom stereocenters. The molecule has 24 heteroatoms. The van der Waals surface area contributed by atoms with Gasteiger partial charge < -0.3 is 124 Å². The van der Waals surface area contributed by atoms with Crippen molar-refractivity contribution >= 4 is 0 Å². The van der Waals surface area contributed by atoms with E-state index >= 15 is 0 Å². The van der Waals surface area contributed by atoms with Gasteiger partial charge in [-0.3, -0.25) is 0 Å². The van der Waals surface area contributed by atoms with Crippen LogP contribution in [0.15, 0.2) is 23.7 Å². The summed E-state index contributed by atoms with van der Waals surface area (Å²) in [6, 6.07) is -3.90. The highest BCUT2D eigenvalue weighted by molar-refractivity contribution is 5.07. The van der Waals surface area contributed by atoms with E-state index in [9.17, 15) is 30.6 Å². The Balaban J connectivity index is 0.000000247. The zero-order valence-corrected chi connectivity index (χ0v) is 39.2. The summed E-state index contributed by atoms with van der Waals surface area (Å²) in [6.45, 7) is 8.61. The molecule has 6 aliphatic rings. The molecule has 0 aromatic rings. The van der Waals surface area contributed by atoms with Crippen molar-refractivity contribution in [3.63, 3.8) is 0 Å². The standard InChI is InChI=1S/2C21H41N5O7/c2*1-4-26-13-7-12(24)16(32-19-11(23)6-5-10(8-22)31-19)14(27)17(13)33-20-15(28)18(25-3)21(2,29)9-30-20/h2*5,11-20,25-29H,4,6-9,22-24H2,1-3H3/t2*11?,12-,13+,14-,15+,16+,17-,18+,19?,20+,21-/m00/s1. The summed E-state index contributed by atoms with van der Waals surface area (Å²) in [6.07, 6.45) is -6.11. The summed E-state index contributed by atoms with van der Waals surface area (Å²) in [4.78, 5) is 0. The van der Waals surface area contributed by atoms with Crippen molar-refractivity contribution in [3.05, 3.63) is 23.7 Å². The van der Waals surface area contributed by atoms with E-state index < -0.39 is 121 Å². The highest BCUT2D eigenvalue weighted by Crippen LogP contribution is 2.34. The molecule has 2 saturated heterocycles. The molecule has 2 saturated carbocycles. The summed E-state index contributed by atoms with van der Waals surface area (Å²) < 4.78 is 47.1. The molecule has 0 bridgehead atoms. The number of likely N-dealkylation sites (N-methyl/N-ethyl adjacent to an activating group) is 4. The minimum absolute atomic E-state index is 0.0483. The Morgan fingerprint density at radius 2 is 0.924 bits per heavy atom. The quantitative estimate of drug-likeness (QED) is 0.0684. The highest BCUT2D eigenvalue weighted by Gasteiger charge is 2.53. The second kappa shape index (κ2) is 24.4. The molecule has 6 rings (SSSR count). The zero-order valence-electron chi connectivity index (χ0n) is 39.2. The van der Waals surface area contributed by atoms with Gasteiger partial charge in [0.25, 0.3) is 0 Å². The first-order valence-corrected chi connectivity index (χ1v) is 23.2. The van der Waals surface area contributed by atoms with E-state index in [1.165, 1.54) is 0 Å². The number of aliphatic hydroxyl groups excluding tert-OH is 4. The average Bonchev–Trinajstić information content (AvgIpc) is 3.26. The molecule has 0 radical (unpaired) electrons. The molecule has 2 aliphatic carbocycles. The van der Waals surface area contributed by atoms with E-state index in [1.807, 2.05) is 26.0 Å². The van der Waals surface area contributed by atoms with E-state index in [1.54, 1.807) is 27.9 Å². The van der Waals surface area contributed by atoms with Gasteiger partial charge in [0.2, 0.25) is 12.6 Å². The second-order valence-corrected chi connectivity index (χ2v) is 18.6. The highest BCUT2D eigenvalue weighted by atomic mass is 16.7. The van der Waals surface area contributed by atoms with Crippen LogP contribution < -0.4 is 55.7 Å². The van der Waals surface area contributed by atoms with Crippen molar-refractivity contribution in [2.45, 2.75) is 187 Å². The monoisotopic (exact) mass is 951 g/mol. The zero-order chi connectivity index (χ0) is 48.7. The third kappa shape index (κ3) is 12.9. The molecule has 0 spiro atoms. The number of rotatable bonds is 16. The first kappa shape index (κ1) is 55.1. The van der Waals surface area contributed by atoms with Gasteiger partial charge in [-0.25, -0.2) is 0 Å². The third-order valence-corrected chi connectivity index (χ3v) is 13.3. The van der Waals surface area contributed by atoms with Crippen LogP contribution >= 0.6 is 0 Å². The number of nitrogens with two attached hydrogens (primary N) is 6. The van der Waals surface area contributed by atoms with Gasteiger partial charge in [0.15, 0.2) is 12.6 Å². The maximum absolute atomic E-state index is 11.3. The van der Waals surface area contributed by atoms with Crippen molar-refractivity contribution in [2.75, 3.05) is 53.5 Å². The fourth-order valence-corrected chi connectivity index (χ4v) is 9.71. The molecule has 22 N–H and O–H groups in total. The molecular formula is C42H82N10O14. The molecule has 0 aromatic heterocycles. The van der Waals surface area contributed by atoms with Gasteiger partial charge in [-0.15, -0.1) is 0 Å². The van der Waals surface area contributed by atoms with Crippen LogP contribution in [-0.2, 0) is 37.9 Å². The Kier molecular flexibility index (Phi) is 20.3. The largest absolute Gasteiger partial charge is 0.467 e. The smallest absolute Gasteiger partial charge is 0.215 e. The fourth-order valence-electron chi connectivity index (χ4n) is 9.71. The molecular weight excluding hydrogens is 869 g/mol. The molecule has 384 valence electrons. The lowest BCUT2D eigenvalue weighted by molar-refractivity contribution is -0.304. The maximum atomic E-state index is 11.3. The first-order chi connectivity index (χ1) is 31.2. The van der Waals surface area contributed by atoms with E-state index in [-0.39, 0.29) is 38.4 Å². The summed E-state index contributed by atoms with van der Waals surface area (Å²) in [7, 11) is 3.28. The Morgan fingerprint density at radius 3 is 1.24 bits per heavy atom. The molecule has 0 aromatic carbocycles. The molecule has 24 nitrogen and oxygen atoms in total. The van der Waals surface area contributed by atoms with Crippen molar-refractivity contribution in [2.24, 2.45) is 34.4 Å². The van der Waals surface area contributed by atoms with Crippen LogP contribution in [-0.4, -0.2) is 218 Å². The average molecular weight is 951 g/mol. The minimum Gasteiger partial charge on any atom is -0.467 e. The minimum atomic E-state index is -1.28. The summed E-state index contributed by atoms with van der Waals surface area (Å²) in [5, 5.41) is 77.5. The third-order valence-electron chi connectivity index (χ3n) is 13.3. The van der Waals surface area contributed by atoms with Crippen LogP contribution in [0.5, 0.6) is 0 Å². The molecule has 4 fully saturated rings. The molecule has 66 heavy (non-hydrogen) atoms.